The molecule has 0 saturated heterocycles. The van der Waals surface area contributed by atoms with Gasteiger partial charge in [-0.2, -0.15) is 0 Å². The Kier molecular flexibility index (Phi) is 7.09. The van der Waals surface area contributed by atoms with Crippen LogP contribution < -0.4 is 0 Å². The Morgan fingerprint density at radius 1 is 1.07 bits per heavy atom. The molecule has 3 nitrogen and oxygen atoms in total. The Bertz CT molecular complexity index is 270. The van der Waals surface area contributed by atoms with Crippen LogP contribution >= 0.6 is 0 Å². The molecule has 0 fully saturated rings. The number of allylic oxidation sites excluding steroid dienone is 6. The highest BCUT2D eigenvalue weighted by Gasteiger charge is 1.80. The fraction of sp³-hybridized carbons (Fsp3) is 0.182. The Hall–Kier alpha value is -1.61. The van der Waals surface area contributed by atoms with Crippen molar-refractivity contribution in [3.63, 3.8) is 0 Å². The van der Waals surface area contributed by atoms with Crippen LogP contribution in [0.25, 0.3) is 0 Å². The number of aliphatic hydroxyl groups is 1. The summed E-state index contributed by atoms with van der Waals surface area (Å²) in [5, 5.41) is 17.1. The average Bonchev–Trinajstić information content (AvgIpc) is 2.08. The molecule has 0 spiro atoms. The first kappa shape index (κ1) is 12.4. The van der Waals surface area contributed by atoms with Gasteiger partial charge >= 0.3 is 5.97 Å². The van der Waals surface area contributed by atoms with E-state index in [-0.39, 0.29) is 0 Å². The molecule has 0 aromatic heterocycles. The molecule has 0 aliphatic carbocycles. The van der Waals surface area contributed by atoms with Crippen molar-refractivity contribution < 1.29 is 15.0 Å². The number of carboxylic acids is 1. The molecule has 0 amide bonds. The minimum Gasteiger partial charge on any atom is -0.478 e. The van der Waals surface area contributed by atoms with E-state index in [0.29, 0.717) is 0 Å². The van der Waals surface area contributed by atoms with Gasteiger partial charge in [0, 0.05) is 6.08 Å². The fourth-order valence-electron chi connectivity index (χ4n) is 0.619. The highest BCUT2D eigenvalue weighted by Crippen LogP contribution is 1.85. The normalized spacial score (nSPS) is 15.0. The summed E-state index contributed by atoms with van der Waals surface area (Å²) in [6, 6.07) is 0. The molecule has 0 bridgehead atoms. The molecule has 0 aliphatic heterocycles. The number of carbonyl (C=O) groups is 1. The van der Waals surface area contributed by atoms with Crippen LogP contribution in [0.1, 0.15) is 6.92 Å². The SMILES string of the molecule is CC(O)C=CC=CC=CC=CC(=O)O. The van der Waals surface area contributed by atoms with E-state index >= 15 is 0 Å². The third-order valence-electron chi connectivity index (χ3n) is 1.18. The summed E-state index contributed by atoms with van der Waals surface area (Å²) in [4.78, 5) is 10.0. The fourth-order valence-corrected chi connectivity index (χ4v) is 0.619. The summed E-state index contributed by atoms with van der Waals surface area (Å²) < 4.78 is 0. The Morgan fingerprint density at radius 2 is 1.57 bits per heavy atom. The minimum absolute atomic E-state index is 0.449. The van der Waals surface area contributed by atoms with Gasteiger partial charge in [0.15, 0.2) is 0 Å². The summed E-state index contributed by atoms with van der Waals surface area (Å²) in [6.07, 6.45) is 12.2. The molecule has 0 aliphatic rings. The molecule has 0 radical (unpaired) electrons. The lowest BCUT2D eigenvalue weighted by molar-refractivity contribution is -0.131. The van der Waals surface area contributed by atoms with Crippen LogP contribution in [0.15, 0.2) is 48.6 Å². The maximum absolute atomic E-state index is 10.0. The van der Waals surface area contributed by atoms with E-state index in [1.54, 1.807) is 43.4 Å². The smallest absolute Gasteiger partial charge is 0.328 e. The zero-order valence-corrected chi connectivity index (χ0v) is 8.00. The van der Waals surface area contributed by atoms with Gasteiger partial charge in [0.05, 0.1) is 6.10 Å². The zero-order chi connectivity index (χ0) is 10.8. The van der Waals surface area contributed by atoms with Gasteiger partial charge in [-0.25, -0.2) is 4.79 Å². The van der Waals surface area contributed by atoms with Crippen molar-refractivity contribution >= 4 is 5.97 Å². The summed E-state index contributed by atoms with van der Waals surface area (Å²) in [5.41, 5.74) is 0. The third kappa shape index (κ3) is 10.4. The molecule has 2 N–H and O–H groups in total. The van der Waals surface area contributed by atoms with E-state index in [1.807, 2.05) is 0 Å². The Balaban J connectivity index is 3.77. The maximum atomic E-state index is 10.0. The lowest BCUT2D eigenvalue weighted by Gasteiger charge is -1.88. The van der Waals surface area contributed by atoms with Gasteiger partial charge in [-0.15, -0.1) is 0 Å². The van der Waals surface area contributed by atoms with E-state index in [4.69, 9.17) is 10.2 Å². The van der Waals surface area contributed by atoms with Crippen molar-refractivity contribution in [2.24, 2.45) is 0 Å². The molecular weight excluding hydrogens is 180 g/mol. The Morgan fingerprint density at radius 3 is 2.07 bits per heavy atom. The van der Waals surface area contributed by atoms with E-state index < -0.39 is 12.1 Å². The first-order valence-electron chi connectivity index (χ1n) is 4.22. The van der Waals surface area contributed by atoms with Crippen molar-refractivity contribution in [2.45, 2.75) is 13.0 Å². The predicted molar refractivity (Wildman–Crippen MR) is 55.9 cm³/mol. The predicted octanol–water partition coefficient (Wildman–Crippen LogP) is 1.68. The molecule has 3 heteroatoms. The molecule has 14 heavy (non-hydrogen) atoms. The van der Waals surface area contributed by atoms with Gasteiger partial charge in [0.25, 0.3) is 0 Å². The van der Waals surface area contributed by atoms with Gasteiger partial charge in [-0.05, 0) is 6.92 Å². The van der Waals surface area contributed by atoms with Crippen molar-refractivity contribution in [1.29, 1.82) is 0 Å². The summed E-state index contributed by atoms with van der Waals surface area (Å²) >= 11 is 0. The van der Waals surface area contributed by atoms with Crippen LogP contribution in [0.2, 0.25) is 0 Å². The maximum Gasteiger partial charge on any atom is 0.328 e. The largest absolute Gasteiger partial charge is 0.478 e. The van der Waals surface area contributed by atoms with Crippen molar-refractivity contribution in [1.82, 2.24) is 0 Å². The lowest BCUT2D eigenvalue weighted by Crippen LogP contribution is -1.90. The van der Waals surface area contributed by atoms with Crippen molar-refractivity contribution in [2.75, 3.05) is 0 Å². The molecule has 0 heterocycles. The molecular formula is C11H14O3. The molecule has 0 aromatic rings. The van der Waals surface area contributed by atoms with E-state index in [1.165, 1.54) is 6.08 Å². The lowest BCUT2D eigenvalue weighted by atomic mass is 10.3. The van der Waals surface area contributed by atoms with E-state index in [0.717, 1.165) is 6.08 Å². The van der Waals surface area contributed by atoms with Crippen LogP contribution in [0.3, 0.4) is 0 Å². The number of carboxylic acid groups (broad SMARTS) is 1. The van der Waals surface area contributed by atoms with Crippen LogP contribution in [0, 0.1) is 0 Å². The summed E-state index contributed by atoms with van der Waals surface area (Å²) in [6.45, 7) is 1.66. The van der Waals surface area contributed by atoms with Gasteiger partial charge in [-0.1, -0.05) is 42.5 Å². The number of rotatable bonds is 5. The number of hydrogen-bond donors (Lipinski definition) is 2. The highest BCUT2D eigenvalue weighted by atomic mass is 16.4. The molecule has 76 valence electrons. The topological polar surface area (TPSA) is 57.5 Å². The quantitative estimate of drug-likeness (QED) is 0.517. The molecule has 0 rings (SSSR count). The third-order valence-corrected chi connectivity index (χ3v) is 1.18. The zero-order valence-electron chi connectivity index (χ0n) is 8.00. The summed E-state index contributed by atoms with van der Waals surface area (Å²) in [5.74, 6) is -0.965. The summed E-state index contributed by atoms with van der Waals surface area (Å²) in [7, 11) is 0. The monoisotopic (exact) mass is 194 g/mol. The standard InChI is InChI=1S/C11H14O3/c1-10(12)8-6-4-2-3-5-7-9-11(13)14/h2-10,12H,1H3,(H,13,14). The second kappa shape index (κ2) is 8.01. The highest BCUT2D eigenvalue weighted by molar-refractivity contribution is 5.80. The van der Waals surface area contributed by atoms with Crippen LogP contribution in [-0.4, -0.2) is 22.3 Å². The second-order valence-electron chi connectivity index (χ2n) is 2.59. The van der Waals surface area contributed by atoms with E-state index in [2.05, 4.69) is 0 Å². The van der Waals surface area contributed by atoms with Crippen molar-refractivity contribution in [3.8, 4) is 0 Å². The number of aliphatic carboxylic acids is 1. The van der Waals surface area contributed by atoms with E-state index in [9.17, 15) is 4.79 Å². The molecule has 0 aromatic carbocycles. The molecule has 1 unspecified atom stereocenters. The number of aliphatic hydroxyl groups excluding tert-OH is 1. The second-order valence-corrected chi connectivity index (χ2v) is 2.59. The van der Waals surface area contributed by atoms with Gasteiger partial charge in [0.2, 0.25) is 0 Å². The first-order chi connectivity index (χ1) is 6.63. The minimum atomic E-state index is -0.965. The average molecular weight is 194 g/mol. The molecule has 1 atom stereocenters. The number of hydrogen-bond acceptors (Lipinski definition) is 2. The Labute approximate surface area is 83.4 Å². The van der Waals surface area contributed by atoms with Crippen LogP contribution in [0.5, 0.6) is 0 Å². The van der Waals surface area contributed by atoms with Gasteiger partial charge in [0.1, 0.15) is 0 Å². The first-order valence-corrected chi connectivity index (χ1v) is 4.22. The molecule has 0 saturated carbocycles. The van der Waals surface area contributed by atoms with Gasteiger partial charge < -0.3 is 10.2 Å². The van der Waals surface area contributed by atoms with Crippen LogP contribution in [-0.2, 0) is 4.79 Å². The van der Waals surface area contributed by atoms with Crippen LogP contribution in [0.4, 0.5) is 0 Å². The van der Waals surface area contributed by atoms with Gasteiger partial charge in [-0.3, -0.25) is 0 Å². The van der Waals surface area contributed by atoms with Crippen molar-refractivity contribution in [3.05, 3.63) is 48.6 Å².